The molecule has 1 aromatic rings. The van der Waals surface area contributed by atoms with Crippen molar-refractivity contribution < 1.29 is 27.5 Å². The van der Waals surface area contributed by atoms with Crippen LogP contribution < -0.4 is 5.32 Å². The van der Waals surface area contributed by atoms with Gasteiger partial charge in [0.15, 0.2) is 5.78 Å². The van der Waals surface area contributed by atoms with Gasteiger partial charge in [-0.2, -0.15) is 13.2 Å². The maximum Gasteiger partial charge on any atom is 0.431 e. The highest BCUT2D eigenvalue weighted by Gasteiger charge is 2.45. The Kier molecular flexibility index (Phi) is 4.99. The molecule has 0 aromatic heterocycles. The van der Waals surface area contributed by atoms with Crippen molar-refractivity contribution in [2.75, 3.05) is 6.61 Å². The van der Waals surface area contributed by atoms with Crippen LogP contribution in [0.2, 0.25) is 5.02 Å². The van der Waals surface area contributed by atoms with Crippen LogP contribution in [0.5, 0.6) is 0 Å². The molecule has 23 heavy (non-hydrogen) atoms. The fourth-order valence-corrected chi connectivity index (χ4v) is 2.39. The number of carbonyl (C=O) groups is 2. The quantitative estimate of drug-likeness (QED) is 0.673. The molecule has 124 valence electrons. The van der Waals surface area contributed by atoms with Crippen molar-refractivity contribution in [3.63, 3.8) is 0 Å². The van der Waals surface area contributed by atoms with E-state index >= 15 is 0 Å². The Bertz CT molecular complexity index is 653. The number of ketones is 1. The lowest BCUT2D eigenvalue weighted by atomic mass is 9.92. The molecule has 0 saturated heterocycles. The molecule has 1 aliphatic heterocycles. The number of rotatable bonds is 3. The first-order chi connectivity index (χ1) is 10.7. The van der Waals surface area contributed by atoms with Crippen LogP contribution in [0.3, 0.4) is 0 Å². The van der Waals surface area contributed by atoms with Crippen LogP contribution in [0, 0.1) is 0 Å². The van der Waals surface area contributed by atoms with E-state index in [-0.39, 0.29) is 13.0 Å². The lowest BCUT2D eigenvalue weighted by Crippen LogP contribution is -2.40. The summed E-state index contributed by atoms with van der Waals surface area (Å²) in [6.07, 6.45) is -5.15. The second-order valence-corrected chi connectivity index (χ2v) is 5.28. The van der Waals surface area contributed by atoms with Gasteiger partial charge in [-0.05, 0) is 24.6 Å². The number of carbonyl (C=O) groups excluding carboxylic acids is 2. The molecule has 8 heteroatoms. The Morgan fingerprint density at radius 3 is 2.48 bits per heavy atom. The topological polar surface area (TPSA) is 55.4 Å². The van der Waals surface area contributed by atoms with Gasteiger partial charge < -0.3 is 10.1 Å². The average molecular weight is 348 g/mol. The first-order valence-corrected chi connectivity index (χ1v) is 7.15. The number of hydrogen-bond donors (Lipinski definition) is 1. The number of alkyl halides is 3. The highest BCUT2D eigenvalue weighted by Crippen LogP contribution is 2.35. The lowest BCUT2D eigenvalue weighted by molar-refractivity contribution is -0.143. The van der Waals surface area contributed by atoms with E-state index in [0.717, 1.165) is 0 Å². The number of halogens is 4. The lowest BCUT2D eigenvalue weighted by Gasteiger charge is -2.29. The van der Waals surface area contributed by atoms with Crippen molar-refractivity contribution in [2.45, 2.75) is 25.6 Å². The van der Waals surface area contributed by atoms with E-state index in [4.69, 9.17) is 11.6 Å². The van der Waals surface area contributed by atoms with Gasteiger partial charge in [0.2, 0.25) is 0 Å². The van der Waals surface area contributed by atoms with Crippen molar-refractivity contribution in [2.24, 2.45) is 0 Å². The summed E-state index contributed by atoms with van der Waals surface area (Å²) in [5, 5.41) is 2.66. The number of esters is 1. The third-order valence-electron chi connectivity index (χ3n) is 3.27. The van der Waals surface area contributed by atoms with Gasteiger partial charge in [-0.25, -0.2) is 4.79 Å². The number of allylic oxidation sites excluding steroid dienone is 1. The predicted octanol–water partition coefficient (Wildman–Crippen LogP) is 3.32. The minimum Gasteiger partial charge on any atom is -0.462 e. The maximum atomic E-state index is 13.2. The molecule has 0 radical (unpaired) electrons. The summed E-state index contributed by atoms with van der Waals surface area (Å²) < 4.78 is 44.2. The molecule has 0 spiro atoms. The van der Waals surface area contributed by atoms with E-state index in [1.54, 1.807) is 0 Å². The summed E-state index contributed by atoms with van der Waals surface area (Å²) in [4.78, 5) is 23.8. The highest BCUT2D eigenvalue weighted by molar-refractivity contribution is 6.30. The monoisotopic (exact) mass is 347 g/mol. The highest BCUT2D eigenvalue weighted by atomic mass is 35.5. The van der Waals surface area contributed by atoms with E-state index < -0.39 is 35.2 Å². The standard InChI is InChI=1S/C15H13ClF3NO3/c1-2-23-14(22)12-11(21)7-10(20-13(12)15(17,18)19)8-3-5-9(16)6-4-8/h3-6,10,20H,2,7H2,1H3. The summed E-state index contributed by atoms with van der Waals surface area (Å²) in [6.45, 7) is 1.32. The largest absolute Gasteiger partial charge is 0.462 e. The minimum atomic E-state index is -4.87. The molecule has 0 aliphatic carbocycles. The number of hydrogen-bond acceptors (Lipinski definition) is 4. The minimum absolute atomic E-state index is 0.124. The van der Waals surface area contributed by atoms with Gasteiger partial charge >= 0.3 is 12.1 Å². The van der Waals surface area contributed by atoms with E-state index in [1.807, 2.05) is 0 Å². The van der Waals surface area contributed by atoms with Crippen molar-refractivity contribution >= 4 is 23.4 Å². The normalized spacial score (nSPS) is 18.7. The molecule has 0 amide bonds. The van der Waals surface area contributed by atoms with Crippen molar-refractivity contribution in [3.8, 4) is 0 Å². The number of ether oxygens (including phenoxy) is 1. The van der Waals surface area contributed by atoms with Gasteiger partial charge in [0.25, 0.3) is 0 Å². The third-order valence-corrected chi connectivity index (χ3v) is 3.52. The SMILES string of the molecule is CCOC(=O)C1=C(C(F)(F)F)NC(c2ccc(Cl)cc2)CC1=O. The molecule has 0 fully saturated rings. The van der Waals surface area contributed by atoms with Gasteiger partial charge in [0.05, 0.1) is 12.6 Å². The summed E-state index contributed by atoms with van der Waals surface area (Å²) in [5.74, 6) is -2.18. The second kappa shape index (κ2) is 6.62. The molecule has 1 aromatic carbocycles. The molecule has 2 rings (SSSR count). The zero-order chi connectivity index (χ0) is 17.2. The van der Waals surface area contributed by atoms with Crippen LogP contribution in [0.15, 0.2) is 35.5 Å². The Labute approximate surface area is 135 Å². The summed E-state index contributed by atoms with van der Waals surface area (Å²) in [6, 6.07) is 5.18. The average Bonchev–Trinajstić information content (AvgIpc) is 2.46. The van der Waals surface area contributed by atoms with Crippen LogP contribution in [0.25, 0.3) is 0 Å². The molecule has 1 aliphatic rings. The van der Waals surface area contributed by atoms with Crippen LogP contribution in [0.1, 0.15) is 24.9 Å². The molecular weight excluding hydrogens is 335 g/mol. The number of Topliss-reactive ketones (excluding diaryl/α,β-unsaturated/α-hetero) is 1. The van der Waals surface area contributed by atoms with Crippen molar-refractivity contribution in [1.29, 1.82) is 0 Å². The molecule has 1 N–H and O–H groups in total. The van der Waals surface area contributed by atoms with Gasteiger partial charge in [-0.3, -0.25) is 4.79 Å². The first kappa shape index (κ1) is 17.3. The molecule has 0 saturated carbocycles. The fraction of sp³-hybridized carbons (Fsp3) is 0.333. The van der Waals surface area contributed by atoms with Crippen molar-refractivity contribution in [3.05, 3.63) is 46.1 Å². The Morgan fingerprint density at radius 2 is 1.96 bits per heavy atom. The molecule has 0 bridgehead atoms. The second-order valence-electron chi connectivity index (χ2n) is 4.84. The van der Waals surface area contributed by atoms with E-state index in [9.17, 15) is 22.8 Å². The van der Waals surface area contributed by atoms with E-state index in [1.165, 1.54) is 31.2 Å². The predicted molar refractivity (Wildman–Crippen MR) is 76.7 cm³/mol. The van der Waals surface area contributed by atoms with Crippen LogP contribution in [-0.2, 0) is 14.3 Å². The first-order valence-electron chi connectivity index (χ1n) is 6.77. The van der Waals surface area contributed by atoms with Crippen LogP contribution in [0.4, 0.5) is 13.2 Å². The third kappa shape index (κ3) is 3.85. The summed E-state index contributed by atoms with van der Waals surface area (Å²) in [5.41, 5.74) is -1.89. The molecular formula is C15H13ClF3NO3. The molecule has 4 nitrogen and oxygen atoms in total. The van der Waals surface area contributed by atoms with Gasteiger partial charge in [0, 0.05) is 11.4 Å². The Balaban J connectivity index is 2.42. The molecule has 1 heterocycles. The van der Waals surface area contributed by atoms with E-state index in [2.05, 4.69) is 10.1 Å². The summed E-state index contributed by atoms with van der Waals surface area (Å²) in [7, 11) is 0. The van der Waals surface area contributed by atoms with Gasteiger partial charge in [0.1, 0.15) is 11.3 Å². The zero-order valence-corrected chi connectivity index (χ0v) is 12.8. The molecule has 1 atom stereocenters. The summed E-state index contributed by atoms with van der Waals surface area (Å²) >= 11 is 5.74. The van der Waals surface area contributed by atoms with Crippen LogP contribution >= 0.6 is 11.6 Å². The molecule has 1 unspecified atom stereocenters. The number of benzene rings is 1. The van der Waals surface area contributed by atoms with E-state index in [0.29, 0.717) is 10.6 Å². The van der Waals surface area contributed by atoms with Gasteiger partial charge in [-0.15, -0.1) is 0 Å². The zero-order valence-electron chi connectivity index (χ0n) is 12.0. The Hall–Kier alpha value is -2.02. The van der Waals surface area contributed by atoms with Gasteiger partial charge in [-0.1, -0.05) is 23.7 Å². The fourth-order valence-electron chi connectivity index (χ4n) is 2.26. The van der Waals surface area contributed by atoms with Crippen LogP contribution in [-0.4, -0.2) is 24.5 Å². The number of nitrogens with one attached hydrogen (secondary N) is 1. The van der Waals surface area contributed by atoms with Crippen molar-refractivity contribution in [1.82, 2.24) is 5.32 Å². The smallest absolute Gasteiger partial charge is 0.431 e. The maximum absolute atomic E-state index is 13.2. The Morgan fingerprint density at radius 1 is 1.35 bits per heavy atom.